The van der Waals surface area contributed by atoms with E-state index in [4.69, 9.17) is 11.6 Å². The molecule has 1 aliphatic carbocycles. The van der Waals surface area contributed by atoms with Gasteiger partial charge in [0.15, 0.2) is 0 Å². The van der Waals surface area contributed by atoms with Gasteiger partial charge in [0.2, 0.25) is 0 Å². The molecule has 1 rings (SSSR count). The van der Waals surface area contributed by atoms with E-state index in [1.807, 2.05) is 0 Å². The van der Waals surface area contributed by atoms with Crippen molar-refractivity contribution in [3.8, 4) is 0 Å². The molecule has 1 nitrogen and oxygen atoms in total. The number of alkyl halides is 4. The molecule has 0 aromatic carbocycles. The lowest BCUT2D eigenvalue weighted by molar-refractivity contribution is -0.0902. The van der Waals surface area contributed by atoms with Gasteiger partial charge < -0.3 is 4.90 Å². The molecule has 0 heterocycles. The molecule has 0 saturated heterocycles. The molecule has 1 atom stereocenters. The highest BCUT2D eigenvalue weighted by Gasteiger charge is 2.68. The molecule has 1 aliphatic rings. The molecule has 0 N–H and O–H groups in total. The van der Waals surface area contributed by atoms with Gasteiger partial charge in [0.1, 0.15) is 0 Å². The molecule has 1 unspecified atom stereocenters. The number of halogens is 4. The molecule has 0 fully saturated rings. The van der Waals surface area contributed by atoms with Gasteiger partial charge >= 0.3 is 5.92 Å². The third-order valence-corrected chi connectivity index (χ3v) is 3.01. The van der Waals surface area contributed by atoms with E-state index in [-0.39, 0.29) is 11.3 Å². The van der Waals surface area contributed by atoms with Crippen molar-refractivity contribution in [2.75, 3.05) is 13.1 Å². The van der Waals surface area contributed by atoms with Gasteiger partial charge in [-0.05, 0) is 20.8 Å². The summed E-state index contributed by atoms with van der Waals surface area (Å²) < 4.78 is 39.4. The molecule has 0 radical (unpaired) electrons. The van der Waals surface area contributed by atoms with Gasteiger partial charge in [0.25, 0.3) is 5.13 Å². The fourth-order valence-electron chi connectivity index (χ4n) is 1.68. The number of rotatable bonds is 3. The van der Waals surface area contributed by atoms with Crippen LogP contribution in [-0.4, -0.2) is 29.0 Å². The van der Waals surface area contributed by atoms with Crippen LogP contribution >= 0.6 is 11.6 Å². The Hall–Kier alpha value is -0.380. The average molecular weight is 228 g/mol. The molecule has 0 aromatic rings. The van der Waals surface area contributed by atoms with Crippen LogP contribution in [0.5, 0.6) is 0 Å². The van der Waals surface area contributed by atoms with Gasteiger partial charge in [0, 0.05) is 18.7 Å². The summed E-state index contributed by atoms with van der Waals surface area (Å²) in [5.74, 6) is -3.54. The predicted molar refractivity (Wildman–Crippen MR) is 50.3 cm³/mol. The van der Waals surface area contributed by atoms with Gasteiger partial charge in [0.05, 0.1) is 5.70 Å². The van der Waals surface area contributed by atoms with E-state index in [0.29, 0.717) is 13.1 Å². The van der Waals surface area contributed by atoms with Crippen LogP contribution in [0.4, 0.5) is 13.2 Å². The smallest absolute Gasteiger partial charge is 0.324 e. The largest absolute Gasteiger partial charge is 0.371 e. The number of hydrogen-bond donors (Lipinski definition) is 0. The highest BCUT2D eigenvalue weighted by atomic mass is 35.5. The third kappa shape index (κ3) is 1.23. The SMILES string of the molecule is CCN(CC)C1=C(C)C(F)(F)C1(F)Cl. The van der Waals surface area contributed by atoms with Crippen molar-refractivity contribution in [1.29, 1.82) is 0 Å². The van der Waals surface area contributed by atoms with E-state index in [2.05, 4.69) is 0 Å². The lowest BCUT2D eigenvalue weighted by atomic mass is 9.86. The zero-order valence-corrected chi connectivity index (χ0v) is 9.13. The Bertz CT molecular complexity index is 269. The topological polar surface area (TPSA) is 3.24 Å². The second kappa shape index (κ2) is 3.33. The van der Waals surface area contributed by atoms with E-state index in [1.165, 1.54) is 11.8 Å². The quantitative estimate of drug-likeness (QED) is 0.670. The maximum atomic E-state index is 13.4. The minimum Gasteiger partial charge on any atom is -0.371 e. The third-order valence-electron chi connectivity index (χ3n) is 2.60. The number of nitrogens with zero attached hydrogens (tertiary/aromatic N) is 1. The van der Waals surface area contributed by atoms with Crippen LogP contribution in [0.25, 0.3) is 0 Å². The molecular weight excluding hydrogens is 215 g/mol. The first-order chi connectivity index (χ1) is 6.30. The maximum Gasteiger partial charge on any atom is 0.324 e. The first-order valence-corrected chi connectivity index (χ1v) is 4.90. The highest BCUT2D eigenvalue weighted by Crippen LogP contribution is 2.57. The van der Waals surface area contributed by atoms with Crippen molar-refractivity contribution < 1.29 is 13.2 Å². The lowest BCUT2D eigenvalue weighted by Crippen LogP contribution is -2.57. The number of allylic oxidation sites excluding steroid dienone is 2. The van der Waals surface area contributed by atoms with Crippen LogP contribution in [0, 0.1) is 0 Å². The first kappa shape index (κ1) is 11.7. The van der Waals surface area contributed by atoms with Crippen LogP contribution in [0.15, 0.2) is 11.3 Å². The number of hydrogen-bond acceptors (Lipinski definition) is 1. The maximum absolute atomic E-state index is 13.4. The van der Waals surface area contributed by atoms with E-state index < -0.39 is 11.1 Å². The fourth-order valence-corrected chi connectivity index (χ4v) is 2.08. The summed E-state index contributed by atoms with van der Waals surface area (Å²) in [7, 11) is 0. The summed E-state index contributed by atoms with van der Waals surface area (Å²) in [6, 6.07) is 0. The molecule has 5 heteroatoms. The molecule has 0 bridgehead atoms. The van der Waals surface area contributed by atoms with Crippen LogP contribution in [0.2, 0.25) is 0 Å². The van der Waals surface area contributed by atoms with Crippen LogP contribution in [0.3, 0.4) is 0 Å². The minimum atomic E-state index is -3.54. The summed E-state index contributed by atoms with van der Waals surface area (Å²) in [5, 5.41) is -3.02. The summed E-state index contributed by atoms with van der Waals surface area (Å²) in [6.45, 7) is 5.70. The Morgan fingerprint density at radius 2 is 1.64 bits per heavy atom. The standard InChI is InChI=1S/C9H13ClF3N/c1-4-14(5-2)7-6(3)9(12,13)8(7,10)11/h4-5H2,1-3H3. The van der Waals surface area contributed by atoms with Gasteiger partial charge in [-0.15, -0.1) is 0 Å². The van der Waals surface area contributed by atoms with Crippen molar-refractivity contribution in [3.63, 3.8) is 0 Å². The van der Waals surface area contributed by atoms with Gasteiger partial charge in [-0.1, -0.05) is 11.6 Å². The van der Waals surface area contributed by atoms with E-state index in [9.17, 15) is 13.2 Å². The second-order valence-electron chi connectivity index (χ2n) is 3.29. The molecule has 0 amide bonds. The summed E-state index contributed by atoms with van der Waals surface area (Å²) in [6.07, 6.45) is 0. The lowest BCUT2D eigenvalue weighted by Gasteiger charge is -2.46. The summed E-state index contributed by atoms with van der Waals surface area (Å²) in [4.78, 5) is 1.51. The van der Waals surface area contributed by atoms with Crippen LogP contribution in [0.1, 0.15) is 20.8 Å². The van der Waals surface area contributed by atoms with E-state index in [0.717, 1.165) is 0 Å². The second-order valence-corrected chi connectivity index (χ2v) is 3.82. The Labute approximate surface area is 86.5 Å². The van der Waals surface area contributed by atoms with Crippen molar-refractivity contribution in [3.05, 3.63) is 11.3 Å². The zero-order valence-electron chi connectivity index (χ0n) is 8.37. The van der Waals surface area contributed by atoms with Gasteiger partial charge in [-0.2, -0.15) is 8.78 Å². The molecule has 82 valence electrons. The minimum absolute atomic E-state index is 0.0748. The summed E-state index contributed by atoms with van der Waals surface area (Å²) in [5.41, 5.74) is -0.340. The van der Waals surface area contributed by atoms with Crippen LogP contribution < -0.4 is 0 Å². The summed E-state index contributed by atoms with van der Waals surface area (Å²) >= 11 is 5.19. The van der Waals surface area contributed by atoms with E-state index >= 15 is 0 Å². The Kier molecular flexibility index (Phi) is 2.78. The molecule has 14 heavy (non-hydrogen) atoms. The Morgan fingerprint density at radius 1 is 1.21 bits per heavy atom. The molecular formula is C9H13ClF3N. The molecule has 0 spiro atoms. The van der Waals surface area contributed by atoms with Crippen molar-refractivity contribution >= 4 is 11.6 Å². The molecule has 0 saturated carbocycles. The molecule has 0 aromatic heterocycles. The predicted octanol–water partition coefficient (Wildman–Crippen LogP) is 3.16. The van der Waals surface area contributed by atoms with Gasteiger partial charge in [-0.25, -0.2) is 4.39 Å². The molecule has 0 aliphatic heterocycles. The first-order valence-electron chi connectivity index (χ1n) is 4.53. The van der Waals surface area contributed by atoms with Crippen molar-refractivity contribution in [1.82, 2.24) is 4.90 Å². The van der Waals surface area contributed by atoms with Crippen molar-refractivity contribution in [2.45, 2.75) is 31.8 Å². The zero-order chi connectivity index (χ0) is 11.1. The van der Waals surface area contributed by atoms with Crippen LogP contribution in [-0.2, 0) is 0 Å². The highest BCUT2D eigenvalue weighted by molar-refractivity contribution is 6.27. The average Bonchev–Trinajstić information content (AvgIpc) is 2.12. The van der Waals surface area contributed by atoms with E-state index in [1.54, 1.807) is 13.8 Å². The Balaban J connectivity index is 3.07. The van der Waals surface area contributed by atoms with Gasteiger partial charge in [-0.3, -0.25) is 0 Å². The Morgan fingerprint density at radius 3 is 1.93 bits per heavy atom. The van der Waals surface area contributed by atoms with Crippen molar-refractivity contribution in [2.24, 2.45) is 0 Å². The fraction of sp³-hybridized carbons (Fsp3) is 0.778. The monoisotopic (exact) mass is 227 g/mol. The normalized spacial score (nSPS) is 30.2.